The van der Waals surface area contributed by atoms with Gasteiger partial charge in [0.15, 0.2) is 5.82 Å². The molecular weight excluding hydrogens is 434 g/mol. The lowest BCUT2D eigenvalue weighted by Gasteiger charge is -2.28. The number of aliphatic hydroxyl groups is 1. The molecule has 2 aliphatic heterocycles. The molecule has 2 aliphatic rings. The second-order valence-corrected chi connectivity index (χ2v) is 8.37. The van der Waals surface area contributed by atoms with Gasteiger partial charge < -0.3 is 20.2 Å². The number of urea groups is 1. The van der Waals surface area contributed by atoms with Gasteiger partial charge in [-0.2, -0.15) is 10.4 Å². The van der Waals surface area contributed by atoms with E-state index in [2.05, 4.69) is 10.4 Å². The van der Waals surface area contributed by atoms with Gasteiger partial charge in [-0.3, -0.25) is 9.48 Å². The van der Waals surface area contributed by atoms with Crippen molar-refractivity contribution in [1.29, 1.82) is 5.26 Å². The van der Waals surface area contributed by atoms with Gasteiger partial charge in [0.05, 0.1) is 24.0 Å². The molecule has 0 unspecified atom stereocenters. The van der Waals surface area contributed by atoms with Crippen LogP contribution in [0.1, 0.15) is 40.7 Å². The average Bonchev–Trinajstić information content (AvgIpc) is 3.10. The van der Waals surface area contributed by atoms with Crippen molar-refractivity contribution in [3.8, 4) is 6.07 Å². The van der Waals surface area contributed by atoms with Crippen LogP contribution in [0.3, 0.4) is 0 Å². The normalized spacial score (nSPS) is 18.8. The number of rotatable bonds is 3. The number of nitriles is 1. The first-order valence-electron chi connectivity index (χ1n) is 10.7. The molecule has 4 rings (SSSR count). The van der Waals surface area contributed by atoms with Crippen LogP contribution in [0.4, 0.5) is 19.3 Å². The van der Waals surface area contributed by atoms with E-state index < -0.39 is 29.3 Å². The Morgan fingerprint density at radius 1 is 1.39 bits per heavy atom. The molecule has 1 aromatic heterocycles. The fourth-order valence-electron chi connectivity index (χ4n) is 4.39. The van der Waals surface area contributed by atoms with Gasteiger partial charge >= 0.3 is 6.03 Å². The molecular formula is C22H24F2N6O3. The van der Waals surface area contributed by atoms with Gasteiger partial charge in [-0.1, -0.05) is 6.92 Å². The molecule has 3 heterocycles. The summed E-state index contributed by atoms with van der Waals surface area (Å²) in [6, 6.07) is 2.78. The number of nitrogens with zero attached hydrogens (tertiary/aromatic N) is 5. The summed E-state index contributed by atoms with van der Waals surface area (Å²) in [6.07, 6.45) is 0.388. The quantitative estimate of drug-likeness (QED) is 0.731. The Morgan fingerprint density at radius 3 is 2.85 bits per heavy atom. The van der Waals surface area contributed by atoms with Crippen molar-refractivity contribution in [3.63, 3.8) is 0 Å². The first-order valence-corrected chi connectivity index (χ1v) is 10.7. The molecule has 0 spiro atoms. The van der Waals surface area contributed by atoms with Crippen LogP contribution in [-0.2, 0) is 19.5 Å². The summed E-state index contributed by atoms with van der Waals surface area (Å²) in [7, 11) is 1.67. The van der Waals surface area contributed by atoms with Crippen molar-refractivity contribution < 1.29 is 23.5 Å². The Balaban J connectivity index is 1.59. The lowest BCUT2D eigenvalue weighted by atomic mass is 10.0. The highest BCUT2D eigenvalue weighted by Gasteiger charge is 2.36. The summed E-state index contributed by atoms with van der Waals surface area (Å²) in [6.45, 7) is 3.03. The Hall–Kier alpha value is -3.52. The number of carbonyl (C=O) groups excluding carboxylic acids is 2. The van der Waals surface area contributed by atoms with E-state index in [1.54, 1.807) is 16.6 Å². The van der Waals surface area contributed by atoms with Gasteiger partial charge in [-0.25, -0.2) is 13.6 Å². The Kier molecular flexibility index (Phi) is 6.03. The predicted molar refractivity (Wildman–Crippen MR) is 113 cm³/mol. The van der Waals surface area contributed by atoms with Gasteiger partial charge in [-0.05, 0) is 18.6 Å². The van der Waals surface area contributed by atoms with Crippen molar-refractivity contribution in [2.45, 2.75) is 39.0 Å². The number of hydrogen-bond acceptors (Lipinski definition) is 5. The molecule has 2 N–H and O–H groups in total. The largest absolute Gasteiger partial charge is 0.393 e. The minimum Gasteiger partial charge on any atom is -0.393 e. The molecule has 9 nitrogen and oxygen atoms in total. The van der Waals surface area contributed by atoms with E-state index in [0.717, 1.165) is 12.1 Å². The second kappa shape index (κ2) is 8.78. The summed E-state index contributed by atoms with van der Waals surface area (Å²) in [5.74, 6) is -2.55. The highest BCUT2D eigenvalue weighted by molar-refractivity contribution is 5.95. The Morgan fingerprint density at radius 2 is 2.15 bits per heavy atom. The fourth-order valence-corrected chi connectivity index (χ4v) is 4.39. The Bertz CT molecular complexity index is 1160. The van der Waals surface area contributed by atoms with E-state index in [9.17, 15) is 23.5 Å². The number of halogens is 2. The maximum atomic E-state index is 14.4. The summed E-state index contributed by atoms with van der Waals surface area (Å²) < 4.78 is 29.6. The van der Waals surface area contributed by atoms with Crippen LogP contribution in [0.15, 0.2) is 12.1 Å². The first-order chi connectivity index (χ1) is 15.7. The van der Waals surface area contributed by atoms with Crippen LogP contribution < -0.4 is 5.32 Å². The fraction of sp³-hybridized carbons (Fsp3) is 0.455. The van der Waals surface area contributed by atoms with Gasteiger partial charge in [0, 0.05) is 44.6 Å². The maximum absolute atomic E-state index is 14.4. The zero-order valence-electron chi connectivity index (χ0n) is 18.3. The predicted octanol–water partition coefficient (Wildman–Crippen LogP) is 2.10. The van der Waals surface area contributed by atoms with Gasteiger partial charge in [0.1, 0.15) is 23.1 Å². The molecule has 2 atom stereocenters. The number of aromatic nitrogens is 2. The molecule has 0 saturated heterocycles. The summed E-state index contributed by atoms with van der Waals surface area (Å²) >= 11 is 0. The van der Waals surface area contributed by atoms with Crippen molar-refractivity contribution in [3.05, 3.63) is 46.3 Å². The molecule has 0 radical (unpaired) electrons. The lowest BCUT2D eigenvalue weighted by Crippen LogP contribution is -2.40. The zero-order chi connectivity index (χ0) is 23.9. The third-order valence-electron chi connectivity index (χ3n) is 6.26. The van der Waals surface area contributed by atoms with Crippen LogP contribution >= 0.6 is 0 Å². The van der Waals surface area contributed by atoms with Crippen molar-refractivity contribution in [2.24, 2.45) is 5.92 Å². The highest BCUT2D eigenvalue weighted by atomic mass is 19.1. The monoisotopic (exact) mass is 458 g/mol. The number of hydrogen-bond donors (Lipinski definition) is 2. The Labute approximate surface area is 189 Å². The number of fused-ring (bicyclic) bond motifs is 3. The van der Waals surface area contributed by atoms with Gasteiger partial charge in [-0.15, -0.1) is 0 Å². The zero-order valence-corrected chi connectivity index (χ0v) is 18.3. The molecule has 0 saturated carbocycles. The summed E-state index contributed by atoms with van der Waals surface area (Å²) in [5, 5.41) is 26.3. The third-order valence-corrected chi connectivity index (χ3v) is 6.26. The van der Waals surface area contributed by atoms with Crippen molar-refractivity contribution in [2.75, 3.05) is 25.5 Å². The maximum Gasteiger partial charge on any atom is 0.322 e. The van der Waals surface area contributed by atoms with E-state index in [-0.39, 0.29) is 30.6 Å². The number of benzene rings is 1. The topological polar surface area (TPSA) is 114 Å². The van der Waals surface area contributed by atoms with E-state index in [0.29, 0.717) is 42.9 Å². The lowest BCUT2D eigenvalue weighted by molar-refractivity contribution is 0.0626. The van der Waals surface area contributed by atoms with E-state index in [1.165, 1.54) is 11.0 Å². The van der Waals surface area contributed by atoms with Crippen LogP contribution in [0.2, 0.25) is 0 Å². The molecule has 11 heteroatoms. The molecule has 174 valence electrons. The minimum atomic E-state index is -1.14. The number of aliphatic hydroxyl groups excluding tert-OH is 1. The SMILES string of the molecule is CC[C@@H](O)[C@H]1CN(C)C(=O)c2c3c(nn2C1)CCN(C(=O)Nc1ccc(F)c(C#N)c1F)C3. The molecule has 3 amide bonds. The van der Waals surface area contributed by atoms with Crippen LogP contribution in [0.25, 0.3) is 0 Å². The summed E-state index contributed by atoms with van der Waals surface area (Å²) in [5.41, 5.74) is 0.646. The van der Waals surface area contributed by atoms with E-state index in [4.69, 9.17) is 5.26 Å². The van der Waals surface area contributed by atoms with Gasteiger partial charge in [0.25, 0.3) is 5.91 Å². The van der Waals surface area contributed by atoms with Crippen LogP contribution in [0, 0.1) is 28.9 Å². The minimum absolute atomic E-state index is 0.0883. The first kappa shape index (κ1) is 22.7. The molecule has 2 aromatic rings. The van der Waals surface area contributed by atoms with Gasteiger partial charge in [0.2, 0.25) is 0 Å². The molecule has 1 aromatic carbocycles. The number of amides is 3. The second-order valence-electron chi connectivity index (χ2n) is 8.37. The van der Waals surface area contributed by atoms with Crippen LogP contribution in [-0.4, -0.2) is 62.9 Å². The molecule has 0 fully saturated rings. The van der Waals surface area contributed by atoms with Crippen LogP contribution in [0.5, 0.6) is 0 Å². The average molecular weight is 458 g/mol. The standard InChI is InChI=1S/C22H24F2N6O3/c1-3-18(31)12-9-28(2)21(32)20-14-11-29(7-6-16(14)27-30(20)10-12)22(33)26-17-5-4-15(23)13(8-25)19(17)24/h4-5,12,18,31H,3,6-7,9-11H2,1-2H3,(H,26,33)/t12-,18+/m0/s1. The van der Waals surface area contributed by atoms with Crippen molar-refractivity contribution >= 4 is 17.6 Å². The van der Waals surface area contributed by atoms with E-state index in [1.807, 2.05) is 6.92 Å². The smallest absolute Gasteiger partial charge is 0.322 e. The number of carbonyl (C=O) groups is 2. The summed E-state index contributed by atoms with van der Waals surface area (Å²) in [4.78, 5) is 28.9. The van der Waals surface area contributed by atoms with Crippen molar-refractivity contribution in [1.82, 2.24) is 19.6 Å². The number of anilines is 1. The van der Waals surface area contributed by atoms with E-state index >= 15 is 0 Å². The molecule has 33 heavy (non-hydrogen) atoms. The molecule has 0 bridgehead atoms. The third kappa shape index (κ3) is 4.02. The highest BCUT2D eigenvalue weighted by Crippen LogP contribution is 2.28. The number of nitrogens with one attached hydrogen (secondary N) is 1. The molecule has 0 aliphatic carbocycles.